The zero-order valence-corrected chi connectivity index (χ0v) is 10.3. The van der Waals surface area contributed by atoms with E-state index in [-0.39, 0.29) is 5.91 Å². The Bertz CT molecular complexity index is 431. The van der Waals surface area contributed by atoms with Crippen LogP contribution in [-0.4, -0.2) is 36.9 Å². The molecule has 1 heterocycles. The summed E-state index contributed by atoms with van der Waals surface area (Å²) in [5, 5.41) is 11.7. The molecular formula is C13H17NO4. The highest BCUT2D eigenvalue weighted by Crippen LogP contribution is 2.30. The van der Waals surface area contributed by atoms with E-state index in [1.807, 2.05) is 18.2 Å². The summed E-state index contributed by atoms with van der Waals surface area (Å²) >= 11 is 0. The van der Waals surface area contributed by atoms with Gasteiger partial charge in [-0.05, 0) is 31.0 Å². The van der Waals surface area contributed by atoms with Crippen molar-refractivity contribution in [1.29, 1.82) is 0 Å². The van der Waals surface area contributed by atoms with E-state index in [2.05, 4.69) is 5.32 Å². The number of benzene rings is 1. The average Bonchev–Trinajstić information content (AvgIpc) is 2.38. The molecule has 98 valence electrons. The van der Waals surface area contributed by atoms with Crippen LogP contribution < -0.4 is 14.8 Å². The summed E-state index contributed by atoms with van der Waals surface area (Å²) in [4.78, 5) is 11.2. The van der Waals surface area contributed by atoms with Crippen LogP contribution in [0.3, 0.4) is 0 Å². The molecule has 0 fully saturated rings. The summed E-state index contributed by atoms with van der Waals surface area (Å²) in [5.41, 5.74) is 1.06. The van der Waals surface area contributed by atoms with E-state index in [1.54, 1.807) is 0 Å². The first-order valence-corrected chi connectivity index (χ1v) is 6.01. The van der Waals surface area contributed by atoms with Gasteiger partial charge in [0.1, 0.15) is 19.3 Å². The van der Waals surface area contributed by atoms with Crippen molar-refractivity contribution >= 4 is 5.91 Å². The van der Waals surface area contributed by atoms with E-state index in [1.165, 1.54) is 6.92 Å². The lowest BCUT2D eigenvalue weighted by molar-refractivity contribution is -0.128. The van der Waals surface area contributed by atoms with Crippen LogP contribution in [-0.2, 0) is 11.2 Å². The molecule has 1 aliphatic heterocycles. The summed E-state index contributed by atoms with van der Waals surface area (Å²) in [7, 11) is 0. The van der Waals surface area contributed by atoms with Gasteiger partial charge in [-0.1, -0.05) is 6.07 Å². The summed E-state index contributed by atoms with van der Waals surface area (Å²) in [6, 6.07) is 5.74. The first kappa shape index (κ1) is 12.7. The molecule has 0 spiro atoms. The van der Waals surface area contributed by atoms with Gasteiger partial charge in [0.05, 0.1) is 0 Å². The van der Waals surface area contributed by atoms with Gasteiger partial charge in [0.15, 0.2) is 11.5 Å². The second-order valence-corrected chi connectivity index (χ2v) is 4.20. The fourth-order valence-electron chi connectivity index (χ4n) is 1.72. The molecule has 2 rings (SSSR count). The molecule has 18 heavy (non-hydrogen) atoms. The molecule has 1 aliphatic rings. The second kappa shape index (κ2) is 5.73. The van der Waals surface area contributed by atoms with Gasteiger partial charge in [-0.15, -0.1) is 0 Å². The Morgan fingerprint density at radius 1 is 1.39 bits per heavy atom. The van der Waals surface area contributed by atoms with Crippen molar-refractivity contribution in [2.24, 2.45) is 0 Å². The Morgan fingerprint density at radius 3 is 2.83 bits per heavy atom. The lowest BCUT2D eigenvalue weighted by Crippen LogP contribution is -2.33. The SMILES string of the molecule is CC(O)C(=O)NCCc1ccc2c(c1)OCCO2. The van der Waals surface area contributed by atoms with Gasteiger partial charge in [-0.3, -0.25) is 4.79 Å². The number of amides is 1. The highest BCUT2D eigenvalue weighted by Gasteiger charge is 2.12. The van der Waals surface area contributed by atoms with Gasteiger partial charge in [-0.2, -0.15) is 0 Å². The minimum absolute atomic E-state index is 0.354. The summed E-state index contributed by atoms with van der Waals surface area (Å²) in [6.07, 6.45) is -0.278. The number of rotatable bonds is 4. The Balaban J connectivity index is 1.88. The Hall–Kier alpha value is -1.75. The molecule has 5 heteroatoms. The number of carbonyl (C=O) groups is 1. The molecule has 1 aromatic carbocycles. The molecule has 1 atom stereocenters. The second-order valence-electron chi connectivity index (χ2n) is 4.20. The summed E-state index contributed by atoms with van der Waals surface area (Å²) in [5.74, 6) is 1.16. The lowest BCUT2D eigenvalue weighted by atomic mass is 10.1. The van der Waals surface area contributed by atoms with Gasteiger partial charge in [-0.25, -0.2) is 0 Å². The number of hydrogen-bond donors (Lipinski definition) is 2. The fourth-order valence-corrected chi connectivity index (χ4v) is 1.72. The number of carbonyl (C=O) groups excluding carboxylic acids is 1. The quantitative estimate of drug-likeness (QED) is 0.817. The van der Waals surface area contributed by atoms with Crippen molar-refractivity contribution in [3.05, 3.63) is 23.8 Å². The van der Waals surface area contributed by atoms with E-state index < -0.39 is 6.10 Å². The lowest BCUT2D eigenvalue weighted by Gasteiger charge is -2.18. The van der Waals surface area contributed by atoms with Gasteiger partial charge < -0.3 is 19.9 Å². The molecule has 1 amide bonds. The molecule has 0 radical (unpaired) electrons. The molecule has 0 saturated heterocycles. The maximum Gasteiger partial charge on any atom is 0.248 e. The van der Waals surface area contributed by atoms with Crippen LogP contribution in [0.4, 0.5) is 0 Å². The number of aliphatic hydroxyl groups is 1. The number of nitrogens with one attached hydrogen (secondary N) is 1. The number of hydrogen-bond acceptors (Lipinski definition) is 4. The summed E-state index contributed by atoms with van der Waals surface area (Å²) in [6.45, 7) is 3.08. The monoisotopic (exact) mass is 251 g/mol. The molecule has 5 nitrogen and oxygen atoms in total. The van der Waals surface area contributed by atoms with E-state index in [0.29, 0.717) is 26.2 Å². The predicted molar refractivity (Wildman–Crippen MR) is 65.8 cm³/mol. The number of ether oxygens (including phenoxy) is 2. The molecule has 2 N–H and O–H groups in total. The van der Waals surface area contributed by atoms with Crippen LogP contribution in [0.5, 0.6) is 11.5 Å². The zero-order chi connectivity index (χ0) is 13.0. The van der Waals surface area contributed by atoms with Crippen molar-refractivity contribution in [1.82, 2.24) is 5.32 Å². The molecule has 0 saturated carbocycles. The van der Waals surface area contributed by atoms with Gasteiger partial charge in [0.2, 0.25) is 5.91 Å². The third kappa shape index (κ3) is 3.13. The van der Waals surface area contributed by atoms with Crippen molar-refractivity contribution in [3.8, 4) is 11.5 Å². The van der Waals surface area contributed by atoms with Gasteiger partial charge in [0, 0.05) is 6.54 Å². The molecule has 1 aromatic rings. The number of fused-ring (bicyclic) bond motifs is 1. The van der Waals surface area contributed by atoms with Gasteiger partial charge >= 0.3 is 0 Å². The Morgan fingerprint density at radius 2 is 2.11 bits per heavy atom. The maximum absolute atomic E-state index is 11.2. The fraction of sp³-hybridized carbons (Fsp3) is 0.462. The van der Waals surface area contributed by atoms with Crippen LogP contribution in [0.25, 0.3) is 0 Å². The van der Waals surface area contributed by atoms with E-state index in [4.69, 9.17) is 14.6 Å². The normalized spacial score (nSPS) is 15.0. The summed E-state index contributed by atoms with van der Waals surface area (Å²) < 4.78 is 10.9. The zero-order valence-electron chi connectivity index (χ0n) is 10.3. The van der Waals surface area contributed by atoms with Crippen LogP contribution in [0.15, 0.2) is 18.2 Å². The van der Waals surface area contributed by atoms with E-state index in [9.17, 15) is 4.79 Å². The third-order valence-electron chi connectivity index (χ3n) is 2.70. The average molecular weight is 251 g/mol. The third-order valence-corrected chi connectivity index (χ3v) is 2.70. The maximum atomic E-state index is 11.2. The van der Waals surface area contributed by atoms with Gasteiger partial charge in [0.25, 0.3) is 0 Å². The standard InChI is InChI=1S/C13H17NO4/c1-9(15)13(16)14-5-4-10-2-3-11-12(8-10)18-7-6-17-11/h2-3,8-9,15H,4-7H2,1H3,(H,14,16). The first-order chi connectivity index (χ1) is 8.66. The van der Waals surface area contributed by atoms with Crippen LogP contribution in [0.1, 0.15) is 12.5 Å². The molecule has 0 aliphatic carbocycles. The minimum atomic E-state index is -0.967. The van der Waals surface area contributed by atoms with Crippen LogP contribution in [0, 0.1) is 0 Å². The molecule has 0 aromatic heterocycles. The highest BCUT2D eigenvalue weighted by atomic mass is 16.6. The topological polar surface area (TPSA) is 67.8 Å². The van der Waals surface area contributed by atoms with E-state index >= 15 is 0 Å². The minimum Gasteiger partial charge on any atom is -0.486 e. The predicted octanol–water partition coefficient (Wildman–Crippen LogP) is 0.497. The molecule has 1 unspecified atom stereocenters. The Labute approximate surface area is 106 Å². The van der Waals surface area contributed by atoms with Crippen molar-refractivity contribution in [2.45, 2.75) is 19.4 Å². The van der Waals surface area contributed by atoms with E-state index in [0.717, 1.165) is 17.1 Å². The largest absolute Gasteiger partial charge is 0.486 e. The van der Waals surface area contributed by atoms with Crippen molar-refractivity contribution in [2.75, 3.05) is 19.8 Å². The Kier molecular flexibility index (Phi) is 4.04. The molecule has 0 bridgehead atoms. The van der Waals surface area contributed by atoms with Crippen molar-refractivity contribution < 1.29 is 19.4 Å². The molecular weight excluding hydrogens is 234 g/mol. The smallest absolute Gasteiger partial charge is 0.248 e. The van der Waals surface area contributed by atoms with Crippen LogP contribution in [0.2, 0.25) is 0 Å². The number of aliphatic hydroxyl groups excluding tert-OH is 1. The highest BCUT2D eigenvalue weighted by molar-refractivity contribution is 5.79. The van der Waals surface area contributed by atoms with Crippen molar-refractivity contribution in [3.63, 3.8) is 0 Å². The first-order valence-electron chi connectivity index (χ1n) is 6.01. The van der Waals surface area contributed by atoms with Crippen LogP contribution >= 0.6 is 0 Å².